The summed E-state index contributed by atoms with van der Waals surface area (Å²) in [5.41, 5.74) is 7.21. The lowest BCUT2D eigenvalue weighted by atomic mass is 9.93. The third-order valence-corrected chi connectivity index (χ3v) is 7.15. The number of likely N-dealkylation sites (N-methyl/N-ethyl adjacent to an activating group) is 1. The average Bonchev–Trinajstić information content (AvgIpc) is 2.89. The summed E-state index contributed by atoms with van der Waals surface area (Å²) in [5.74, 6) is 1.08. The standard InChI is InChI=1S/C27H41N7O3/c1-3-23-26(29-19-8-10-21(35)11-9-19)32-27(24(31-23)25(28)36)30-20-6-4-7-22(18-20)37-17-5-12-34-15-13-33(2)14-16-34/h4,6-7,18-19,21,35H,3,5,8-17H2,1-2H3,(H2,28,36)(H2,29,30,32)/t19-,21-. The summed E-state index contributed by atoms with van der Waals surface area (Å²) in [6.45, 7) is 8.09. The predicted octanol–water partition coefficient (Wildman–Crippen LogP) is 2.61. The molecule has 0 unspecified atom stereocenters. The molecule has 0 spiro atoms. The number of hydrogen-bond acceptors (Lipinski definition) is 9. The van der Waals surface area contributed by atoms with Crippen molar-refractivity contribution in [2.75, 3.05) is 57.0 Å². The average molecular weight is 512 g/mol. The Hall–Kier alpha value is -2.95. The molecule has 1 saturated heterocycles. The fourth-order valence-electron chi connectivity index (χ4n) is 4.85. The zero-order valence-corrected chi connectivity index (χ0v) is 22.1. The van der Waals surface area contributed by atoms with Crippen molar-refractivity contribution in [3.63, 3.8) is 0 Å². The number of carbonyl (C=O) groups is 1. The molecule has 1 aromatic heterocycles. The van der Waals surface area contributed by atoms with E-state index in [1.54, 1.807) is 0 Å². The van der Waals surface area contributed by atoms with Crippen molar-refractivity contribution in [2.24, 2.45) is 5.73 Å². The number of aromatic nitrogens is 2. The second kappa shape index (κ2) is 13.0. The van der Waals surface area contributed by atoms with Crippen molar-refractivity contribution in [2.45, 2.75) is 57.6 Å². The van der Waals surface area contributed by atoms with Crippen molar-refractivity contribution in [3.8, 4) is 5.75 Å². The van der Waals surface area contributed by atoms with Crippen LogP contribution >= 0.6 is 0 Å². The van der Waals surface area contributed by atoms with Gasteiger partial charge in [-0.05, 0) is 57.7 Å². The Kier molecular flexibility index (Phi) is 9.54. The molecular formula is C27H41N7O3. The number of nitrogens with zero attached hydrogens (tertiary/aromatic N) is 4. The summed E-state index contributed by atoms with van der Waals surface area (Å²) in [7, 11) is 2.16. The molecule has 1 aliphatic heterocycles. The molecule has 1 aromatic carbocycles. The van der Waals surface area contributed by atoms with Crippen molar-refractivity contribution in [1.82, 2.24) is 19.8 Å². The molecule has 202 valence electrons. The van der Waals surface area contributed by atoms with E-state index in [0.717, 1.165) is 76.3 Å². The smallest absolute Gasteiger partial charge is 0.271 e. The Morgan fingerprint density at radius 3 is 2.59 bits per heavy atom. The van der Waals surface area contributed by atoms with Crippen LogP contribution in [0.15, 0.2) is 24.3 Å². The Balaban J connectivity index is 1.40. The maximum absolute atomic E-state index is 12.2. The highest BCUT2D eigenvalue weighted by atomic mass is 16.5. The Morgan fingerprint density at radius 2 is 1.89 bits per heavy atom. The van der Waals surface area contributed by atoms with Crippen LogP contribution < -0.4 is 21.1 Å². The molecule has 5 N–H and O–H groups in total. The van der Waals surface area contributed by atoms with Crippen LogP contribution in [0.3, 0.4) is 0 Å². The van der Waals surface area contributed by atoms with Crippen LogP contribution in [0.1, 0.15) is 55.2 Å². The van der Waals surface area contributed by atoms with Crippen LogP contribution in [0.5, 0.6) is 5.75 Å². The lowest BCUT2D eigenvalue weighted by Gasteiger charge is -2.32. The minimum atomic E-state index is -0.631. The minimum Gasteiger partial charge on any atom is -0.493 e. The number of anilines is 3. The number of aliphatic hydroxyl groups is 1. The van der Waals surface area contributed by atoms with Crippen LogP contribution in [0, 0.1) is 0 Å². The molecule has 4 rings (SSSR count). The summed E-state index contributed by atoms with van der Waals surface area (Å²) in [6, 6.07) is 7.82. The summed E-state index contributed by atoms with van der Waals surface area (Å²) in [6.07, 6.45) is 4.59. The highest BCUT2D eigenvalue weighted by Crippen LogP contribution is 2.27. The molecule has 10 nitrogen and oxygen atoms in total. The number of rotatable bonds is 11. The molecular weight excluding hydrogens is 470 g/mol. The molecule has 2 aromatic rings. The molecule has 2 aliphatic rings. The fourth-order valence-corrected chi connectivity index (χ4v) is 4.85. The van der Waals surface area contributed by atoms with Crippen LogP contribution in [-0.2, 0) is 6.42 Å². The third kappa shape index (κ3) is 7.77. The molecule has 37 heavy (non-hydrogen) atoms. The number of aliphatic hydroxyl groups excluding tert-OH is 1. The zero-order chi connectivity index (χ0) is 26.2. The van der Waals surface area contributed by atoms with Gasteiger partial charge < -0.3 is 36.0 Å². The molecule has 1 saturated carbocycles. The summed E-state index contributed by atoms with van der Waals surface area (Å²) in [4.78, 5) is 26.3. The second-order valence-electron chi connectivity index (χ2n) is 10.1. The van der Waals surface area contributed by atoms with Crippen molar-refractivity contribution in [3.05, 3.63) is 35.7 Å². The van der Waals surface area contributed by atoms with E-state index in [-0.39, 0.29) is 17.8 Å². The molecule has 2 heterocycles. The predicted molar refractivity (Wildman–Crippen MR) is 146 cm³/mol. The van der Waals surface area contributed by atoms with Gasteiger partial charge in [-0.1, -0.05) is 13.0 Å². The highest BCUT2D eigenvalue weighted by molar-refractivity contribution is 5.96. The van der Waals surface area contributed by atoms with Gasteiger partial charge in [0, 0.05) is 50.5 Å². The Morgan fingerprint density at radius 1 is 1.14 bits per heavy atom. The van der Waals surface area contributed by atoms with Gasteiger partial charge in [0.1, 0.15) is 11.6 Å². The maximum Gasteiger partial charge on any atom is 0.271 e. The minimum absolute atomic E-state index is 0.111. The van der Waals surface area contributed by atoms with Gasteiger partial charge in [0.2, 0.25) is 0 Å². The van der Waals surface area contributed by atoms with Gasteiger partial charge in [-0.3, -0.25) is 4.79 Å². The summed E-state index contributed by atoms with van der Waals surface area (Å²) in [5, 5.41) is 16.5. The van der Waals surface area contributed by atoms with E-state index in [2.05, 4.69) is 32.5 Å². The van der Waals surface area contributed by atoms with Gasteiger partial charge in [-0.25, -0.2) is 9.97 Å². The zero-order valence-electron chi connectivity index (χ0n) is 22.1. The topological polar surface area (TPSA) is 129 Å². The second-order valence-corrected chi connectivity index (χ2v) is 10.1. The monoisotopic (exact) mass is 511 g/mol. The molecule has 2 fully saturated rings. The van der Waals surface area contributed by atoms with Gasteiger partial charge in [-0.15, -0.1) is 0 Å². The van der Waals surface area contributed by atoms with Crippen LogP contribution in [0.25, 0.3) is 0 Å². The van der Waals surface area contributed by atoms with E-state index in [1.165, 1.54) is 0 Å². The molecule has 10 heteroatoms. The number of amides is 1. The summed E-state index contributed by atoms with van der Waals surface area (Å²) < 4.78 is 6.01. The summed E-state index contributed by atoms with van der Waals surface area (Å²) >= 11 is 0. The molecule has 1 amide bonds. The first kappa shape index (κ1) is 27.1. The van der Waals surface area contributed by atoms with Crippen molar-refractivity contribution < 1.29 is 14.6 Å². The number of hydrogen-bond donors (Lipinski definition) is 4. The van der Waals surface area contributed by atoms with Gasteiger partial charge in [-0.2, -0.15) is 0 Å². The highest BCUT2D eigenvalue weighted by Gasteiger charge is 2.23. The number of carbonyl (C=O) groups excluding carboxylic acids is 1. The Bertz CT molecular complexity index is 1030. The number of primary amides is 1. The number of nitrogens with two attached hydrogens (primary N) is 1. The number of piperazine rings is 1. The number of ether oxygens (including phenoxy) is 1. The van der Waals surface area contributed by atoms with E-state index in [1.807, 2.05) is 31.2 Å². The van der Waals surface area contributed by atoms with E-state index in [0.29, 0.717) is 30.4 Å². The Labute approximate surface area is 219 Å². The number of nitrogens with one attached hydrogen (secondary N) is 2. The van der Waals surface area contributed by atoms with E-state index in [4.69, 9.17) is 15.5 Å². The van der Waals surface area contributed by atoms with Crippen LogP contribution in [-0.4, -0.2) is 89.3 Å². The van der Waals surface area contributed by atoms with Crippen molar-refractivity contribution in [1.29, 1.82) is 0 Å². The lowest BCUT2D eigenvalue weighted by Crippen LogP contribution is -2.44. The van der Waals surface area contributed by atoms with E-state index in [9.17, 15) is 9.90 Å². The van der Waals surface area contributed by atoms with Crippen LogP contribution in [0.2, 0.25) is 0 Å². The van der Waals surface area contributed by atoms with E-state index >= 15 is 0 Å². The van der Waals surface area contributed by atoms with Gasteiger partial charge in [0.05, 0.1) is 18.4 Å². The first-order valence-electron chi connectivity index (χ1n) is 13.5. The molecule has 0 atom stereocenters. The molecule has 0 radical (unpaired) electrons. The van der Waals surface area contributed by atoms with Gasteiger partial charge in [0.25, 0.3) is 5.91 Å². The SMILES string of the molecule is CCc1nc(C(N)=O)c(Nc2cccc(OCCCN3CCN(C)CC3)c2)nc1N[C@H]1CC[C@H](O)CC1. The van der Waals surface area contributed by atoms with Crippen molar-refractivity contribution >= 4 is 23.2 Å². The normalized spacial score (nSPS) is 20.9. The van der Waals surface area contributed by atoms with Gasteiger partial charge in [0.15, 0.2) is 11.5 Å². The lowest BCUT2D eigenvalue weighted by molar-refractivity contribution is 0.0996. The van der Waals surface area contributed by atoms with E-state index < -0.39 is 5.91 Å². The molecule has 1 aliphatic carbocycles. The fraction of sp³-hybridized carbons (Fsp3) is 0.593. The quantitative estimate of drug-likeness (QED) is 0.337. The molecule has 0 bridgehead atoms. The number of aryl methyl sites for hydroxylation is 1. The van der Waals surface area contributed by atoms with Crippen LogP contribution in [0.4, 0.5) is 17.3 Å². The number of benzene rings is 1. The van der Waals surface area contributed by atoms with Gasteiger partial charge >= 0.3 is 0 Å². The maximum atomic E-state index is 12.2. The first-order chi connectivity index (χ1) is 17.9. The first-order valence-corrected chi connectivity index (χ1v) is 13.5. The largest absolute Gasteiger partial charge is 0.493 e. The third-order valence-electron chi connectivity index (χ3n) is 7.15.